The Labute approximate surface area is 136 Å². The highest BCUT2D eigenvalue weighted by Crippen LogP contribution is 2.13. The van der Waals surface area contributed by atoms with Gasteiger partial charge in [0.25, 0.3) is 0 Å². The van der Waals surface area contributed by atoms with E-state index >= 15 is 0 Å². The van der Waals surface area contributed by atoms with Crippen molar-refractivity contribution < 1.29 is 9.59 Å². The second-order valence-corrected chi connectivity index (χ2v) is 5.23. The zero-order valence-corrected chi connectivity index (χ0v) is 13.1. The summed E-state index contributed by atoms with van der Waals surface area (Å²) in [6.45, 7) is 2.07. The Morgan fingerprint density at radius 1 is 0.870 bits per heavy atom. The van der Waals surface area contributed by atoms with Gasteiger partial charge in [-0.3, -0.25) is 4.79 Å². The van der Waals surface area contributed by atoms with Crippen molar-refractivity contribution in [2.45, 2.75) is 19.8 Å². The van der Waals surface area contributed by atoms with Gasteiger partial charge in [0.2, 0.25) is 5.91 Å². The number of benzene rings is 2. The van der Waals surface area contributed by atoms with Crippen LogP contribution in [-0.4, -0.2) is 18.5 Å². The molecule has 0 atom stereocenters. The molecule has 23 heavy (non-hydrogen) atoms. The molecule has 5 nitrogen and oxygen atoms in total. The van der Waals surface area contributed by atoms with Gasteiger partial charge in [0, 0.05) is 24.8 Å². The summed E-state index contributed by atoms with van der Waals surface area (Å²) in [5, 5.41) is 8.26. The Balaban J connectivity index is 1.69. The number of rotatable bonds is 6. The van der Waals surface area contributed by atoms with E-state index in [9.17, 15) is 9.59 Å². The van der Waals surface area contributed by atoms with Gasteiger partial charge in [-0.1, -0.05) is 30.3 Å². The third-order valence-electron chi connectivity index (χ3n) is 3.23. The smallest absolute Gasteiger partial charge is 0.319 e. The number of urea groups is 1. The van der Waals surface area contributed by atoms with Gasteiger partial charge < -0.3 is 16.0 Å². The van der Waals surface area contributed by atoms with Crippen molar-refractivity contribution in [2.24, 2.45) is 0 Å². The molecule has 0 unspecified atom stereocenters. The molecule has 0 radical (unpaired) electrons. The monoisotopic (exact) mass is 311 g/mol. The normalized spacial score (nSPS) is 9.96. The Bertz CT molecular complexity index is 639. The van der Waals surface area contributed by atoms with E-state index in [0.29, 0.717) is 17.9 Å². The van der Waals surface area contributed by atoms with Crippen LogP contribution in [0.15, 0.2) is 54.6 Å². The first-order chi connectivity index (χ1) is 11.1. The second kappa shape index (κ2) is 8.58. The van der Waals surface area contributed by atoms with Gasteiger partial charge in [0.15, 0.2) is 0 Å². The minimum atomic E-state index is -0.231. The molecular formula is C18H21N3O2. The lowest BCUT2D eigenvalue weighted by Gasteiger charge is -2.08. The van der Waals surface area contributed by atoms with E-state index in [0.717, 1.165) is 12.8 Å². The van der Waals surface area contributed by atoms with E-state index in [-0.39, 0.29) is 11.9 Å². The largest absolute Gasteiger partial charge is 0.338 e. The fourth-order valence-corrected chi connectivity index (χ4v) is 2.15. The third kappa shape index (κ3) is 6.22. The van der Waals surface area contributed by atoms with Gasteiger partial charge in [-0.2, -0.15) is 0 Å². The Morgan fingerprint density at radius 2 is 1.48 bits per heavy atom. The summed E-state index contributed by atoms with van der Waals surface area (Å²) in [5.41, 5.74) is 2.65. The molecule has 0 spiro atoms. The minimum absolute atomic E-state index is 0.123. The SMILES string of the molecule is CC(=O)Nc1ccc(NC(=O)NCCCc2ccccc2)cc1. The molecule has 2 aromatic rings. The highest BCUT2D eigenvalue weighted by molar-refractivity contribution is 5.91. The number of carbonyl (C=O) groups is 2. The fourth-order valence-electron chi connectivity index (χ4n) is 2.15. The molecule has 0 bridgehead atoms. The molecule has 120 valence electrons. The molecule has 0 saturated carbocycles. The molecule has 3 amide bonds. The van der Waals surface area contributed by atoms with Gasteiger partial charge in [0.05, 0.1) is 0 Å². The molecule has 0 aliphatic carbocycles. The third-order valence-corrected chi connectivity index (χ3v) is 3.23. The van der Waals surface area contributed by atoms with E-state index < -0.39 is 0 Å². The van der Waals surface area contributed by atoms with Crippen LogP contribution in [0.4, 0.5) is 16.2 Å². The standard InChI is InChI=1S/C18H21N3O2/c1-14(22)20-16-9-11-17(12-10-16)21-18(23)19-13-5-8-15-6-3-2-4-7-15/h2-4,6-7,9-12H,5,8,13H2,1H3,(H,20,22)(H2,19,21,23). The highest BCUT2D eigenvalue weighted by atomic mass is 16.2. The summed E-state index contributed by atoms with van der Waals surface area (Å²) >= 11 is 0. The van der Waals surface area contributed by atoms with Crippen LogP contribution in [0.5, 0.6) is 0 Å². The van der Waals surface area contributed by atoms with Crippen molar-refractivity contribution in [1.29, 1.82) is 0 Å². The lowest BCUT2D eigenvalue weighted by molar-refractivity contribution is -0.114. The number of nitrogens with one attached hydrogen (secondary N) is 3. The Hall–Kier alpha value is -2.82. The van der Waals surface area contributed by atoms with Crippen LogP contribution in [0, 0.1) is 0 Å². The summed E-state index contributed by atoms with van der Waals surface area (Å²) in [6, 6.07) is 16.9. The first-order valence-corrected chi connectivity index (χ1v) is 7.60. The van der Waals surface area contributed by atoms with Gasteiger partial charge >= 0.3 is 6.03 Å². The second-order valence-electron chi connectivity index (χ2n) is 5.23. The minimum Gasteiger partial charge on any atom is -0.338 e. The van der Waals surface area contributed by atoms with Crippen molar-refractivity contribution in [1.82, 2.24) is 5.32 Å². The van der Waals surface area contributed by atoms with Gasteiger partial charge in [-0.15, -0.1) is 0 Å². The summed E-state index contributed by atoms with van der Waals surface area (Å²) < 4.78 is 0. The average Bonchev–Trinajstić information content (AvgIpc) is 2.54. The molecule has 0 aliphatic heterocycles. The Morgan fingerprint density at radius 3 is 2.09 bits per heavy atom. The first kappa shape index (κ1) is 16.5. The quantitative estimate of drug-likeness (QED) is 0.716. The molecule has 0 heterocycles. The summed E-state index contributed by atoms with van der Waals surface area (Å²) in [7, 11) is 0. The molecule has 2 rings (SSSR count). The predicted octanol–water partition coefficient (Wildman–Crippen LogP) is 3.40. The number of anilines is 2. The molecule has 3 N–H and O–H groups in total. The van der Waals surface area contributed by atoms with Crippen LogP contribution in [0.1, 0.15) is 18.9 Å². The fraction of sp³-hybridized carbons (Fsp3) is 0.222. The van der Waals surface area contributed by atoms with Crippen LogP contribution < -0.4 is 16.0 Å². The molecule has 0 fully saturated rings. The molecule has 0 saturated heterocycles. The number of aryl methyl sites for hydroxylation is 1. The van der Waals surface area contributed by atoms with Crippen molar-refractivity contribution in [3.05, 3.63) is 60.2 Å². The predicted molar refractivity (Wildman–Crippen MR) is 92.5 cm³/mol. The maximum atomic E-state index is 11.8. The number of hydrogen-bond acceptors (Lipinski definition) is 2. The van der Waals surface area contributed by atoms with E-state index in [2.05, 4.69) is 28.1 Å². The lowest BCUT2D eigenvalue weighted by Crippen LogP contribution is -2.29. The summed E-state index contributed by atoms with van der Waals surface area (Å²) in [5.74, 6) is -0.123. The average molecular weight is 311 g/mol. The van der Waals surface area contributed by atoms with E-state index in [4.69, 9.17) is 0 Å². The van der Waals surface area contributed by atoms with Crippen molar-refractivity contribution >= 4 is 23.3 Å². The molecule has 0 aromatic heterocycles. The van der Waals surface area contributed by atoms with Gasteiger partial charge in [-0.25, -0.2) is 4.79 Å². The lowest BCUT2D eigenvalue weighted by atomic mass is 10.1. The van der Waals surface area contributed by atoms with Crippen molar-refractivity contribution in [3.63, 3.8) is 0 Å². The zero-order chi connectivity index (χ0) is 16.5. The maximum absolute atomic E-state index is 11.8. The number of hydrogen-bond donors (Lipinski definition) is 3. The molecule has 0 aliphatic rings. The van der Waals surface area contributed by atoms with Gasteiger partial charge in [-0.05, 0) is 42.7 Å². The van der Waals surface area contributed by atoms with Crippen molar-refractivity contribution in [3.8, 4) is 0 Å². The number of amides is 3. The van der Waals surface area contributed by atoms with Crippen molar-refractivity contribution in [2.75, 3.05) is 17.2 Å². The first-order valence-electron chi connectivity index (χ1n) is 7.60. The zero-order valence-electron chi connectivity index (χ0n) is 13.1. The summed E-state index contributed by atoms with van der Waals surface area (Å²) in [4.78, 5) is 22.7. The van der Waals surface area contributed by atoms with Gasteiger partial charge in [0.1, 0.15) is 0 Å². The summed E-state index contributed by atoms with van der Waals surface area (Å²) in [6.07, 6.45) is 1.82. The topological polar surface area (TPSA) is 70.2 Å². The molecular weight excluding hydrogens is 290 g/mol. The van der Waals surface area contributed by atoms with Crippen LogP contribution >= 0.6 is 0 Å². The van der Waals surface area contributed by atoms with E-state index in [1.54, 1.807) is 24.3 Å². The molecule has 5 heteroatoms. The molecule has 2 aromatic carbocycles. The van der Waals surface area contributed by atoms with Crippen LogP contribution in [0.25, 0.3) is 0 Å². The number of carbonyl (C=O) groups excluding carboxylic acids is 2. The van der Waals surface area contributed by atoms with Crippen LogP contribution in [0.3, 0.4) is 0 Å². The highest BCUT2D eigenvalue weighted by Gasteiger charge is 2.02. The van der Waals surface area contributed by atoms with E-state index in [1.165, 1.54) is 12.5 Å². The van der Waals surface area contributed by atoms with Crippen LogP contribution in [0.2, 0.25) is 0 Å². The Kier molecular flexibility index (Phi) is 6.17. The van der Waals surface area contributed by atoms with E-state index in [1.807, 2.05) is 18.2 Å². The maximum Gasteiger partial charge on any atom is 0.319 e. The van der Waals surface area contributed by atoms with Crippen LogP contribution in [-0.2, 0) is 11.2 Å².